The van der Waals surface area contributed by atoms with E-state index in [4.69, 9.17) is 5.11 Å². The van der Waals surface area contributed by atoms with Crippen LogP contribution < -0.4 is 5.32 Å². The molecule has 0 saturated carbocycles. The van der Waals surface area contributed by atoms with Crippen molar-refractivity contribution in [3.63, 3.8) is 0 Å². The van der Waals surface area contributed by atoms with Gasteiger partial charge in [0.05, 0.1) is 22.6 Å². The molecule has 8 heteroatoms. The summed E-state index contributed by atoms with van der Waals surface area (Å²) in [5.41, 5.74) is 3.17. The van der Waals surface area contributed by atoms with Gasteiger partial charge in [0, 0.05) is 31.3 Å². The maximum Gasteiger partial charge on any atom is 0.335 e. The Morgan fingerprint density at radius 2 is 1.86 bits per heavy atom. The van der Waals surface area contributed by atoms with Gasteiger partial charge in [0.2, 0.25) is 5.95 Å². The number of aromatic carboxylic acids is 1. The van der Waals surface area contributed by atoms with E-state index in [-0.39, 0.29) is 5.56 Å². The molecule has 8 nitrogen and oxygen atoms in total. The van der Waals surface area contributed by atoms with Crippen molar-refractivity contribution in [3.05, 3.63) is 84.4 Å². The van der Waals surface area contributed by atoms with Gasteiger partial charge >= 0.3 is 5.97 Å². The molecule has 0 spiro atoms. The lowest BCUT2D eigenvalue weighted by atomic mass is 10.2. The molecule has 138 valence electrons. The van der Waals surface area contributed by atoms with Gasteiger partial charge in [-0.15, -0.1) is 0 Å². The Kier molecular flexibility index (Phi) is 4.75. The fourth-order valence-corrected chi connectivity index (χ4v) is 2.76. The standard InChI is InChI=1S/C20H16N6O2/c27-19(28)14-6-9-21-17(12-14)16-7-10-22-20(25-16)23-13-15-4-1-2-5-18(15)26-11-3-8-24-26/h1-12H,13H2,(H,27,28)(H,22,23,25). The van der Waals surface area contributed by atoms with E-state index in [9.17, 15) is 4.79 Å². The highest BCUT2D eigenvalue weighted by Crippen LogP contribution is 2.18. The van der Waals surface area contributed by atoms with Gasteiger partial charge in [0.25, 0.3) is 0 Å². The van der Waals surface area contributed by atoms with Gasteiger partial charge < -0.3 is 10.4 Å². The molecule has 2 N–H and O–H groups in total. The lowest BCUT2D eigenvalue weighted by Gasteiger charge is -2.11. The predicted molar refractivity (Wildman–Crippen MR) is 103 cm³/mol. The second-order valence-corrected chi connectivity index (χ2v) is 5.93. The lowest BCUT2D eigenvalue weighted by Crippen LogP contribution is -2.08. The molecule has 0 saturated heterocycles. The normalized spacial score (nSPS) is 10.6. The summed E-state index contributed by atoms with van der Waals surface area (Å²) in [6.45, 7) is 0.502. The number of rotatable bonds is 6. The van der Waals surface area contributed by atoms with Crippen molar-refractivity contribution in [2.75, 3.05) is 5.32 Å². The van der Waals surface area contributed by atoms with Crippen LogP contribution in [0, 0.1) is 0 Å². The molecule has 0 radical (unpaired) electrons. The first-order valence-corrected chi connectivity index (χ1v) is 8.55. The van der Waals surface area contributed by atoms with Gasteiger partial charge in [0.15, 0.2) is 0 Å². The fourth-order valence-electron chi connectivity index (χ4n) is 2.76. The number of para-hydroxylation sites is 1. The number of aromatic nitrogens is 5. The quantitative estimate of drug-likeness (QED) is 0.536. The summed E-state index contributed by atoms with van der Waals surface area (Å²) in [6, 6.07) is 14.4. The Morgan fingerprint density at radius 3 is 2.68 bits per heavy atom. The van der Waals surface area contributed by atoms with Crippen LogP contribution in [0.1, 0.15) is 15.9 Å². The summed E-state index contributed by atoms with van der Waals surface area (Å²) >= 11 is 0. The van der Waals surface area contributed by atoms with Crippen LogP contribution in [0.15, 0.2) is 73.3 Å². The lowest BCUT2D eigenvalue weighted by molar-refractivity contribution is 0.0697. The Balaban J connectivity index is 1.56. The van der Waals surface area contributed by atoms with E-state index < -0.39 is 5.97 Å². The van der Waals surface area contributed by atoms with Crippen LogP contribution in [0.25, 0.3) is 17.1 Å². The van der Waals surface area contributed by atoms with Crippen LogP contribution >= 0.6 is 0 Å². The average Bonchev–Trinajstić information content (AvgIpc) is 3.27. The SMILES string of the molecule is O=C(O)c1ccnc(-c2ccnc(NCc3ccccc3-n3cccn3)n2)c1. The molecule has 0 fully saturated rings. The number of carbonyl (C=O) groups is 1. The van der Waals surface area contributed by atoms with E-state index in [1.54, 1.807) is 23.1 Å². The molecule has 0 bridgehead atoms. The molecule has 0 amide bonds. The zero-order valence-electron chi connectivity index (χ0n) is 14.7. The highest BCUT2D eigenvalue weighted by atomic mass is 16.4. The minimum atomic E-state index is -1.01. The average molecular weight is 372 g/mol. The van der Waals surface area contributed by atoms with E-state index in [1.165, 1.54) is 18.3 Å². The molecule has 3 aromatic heterocycles. The molecular formula is C20H16N6O2. The van der Waals surface area contributed by atoms with Gasteiger partial charge in [0.1, 0.15) is 0 Å². The number of benzene rings is 1. The maximum absolute atomic E-state index is 11.2. The molecule has 0 unspecified atom stereocenters. The number of carboxylic acid groups (broad SMARTS) is 1. The van der Waals surface area contributed by atoms with Gasteiger partial charge in [-0.2, -0.15) is 5.10 Å². The van der Waals surface area contributed by atoms with Crippen molar-refractivity contribution in [2.24, 2.45) is 0 Å². The third-order valence-corrected chi connectivity index (χ3v) is 4.10. The van der Waals surface area contributed by atoms with E-state index in [0.29, 0.717) is 23.9 Å². The monoisotopic (exact) mass is 372 g/mol. The maximum atomic E-state index is 11.2. The van der Waals surface area contributed by atoms with Crippen LogP contribution in [-0.4, -0.2) is 35.8 Å². The molecule has 4 aromatic rings. The number of pyridine rings is 1. The second kappa shape index (κ2) is 7.67. The summed E-state index contributed by atoms with van der Waals surface area (Å²) in [4.78, 5) is 24.1. The largest absolute Gasteiger partial charge is 0.478 e. The molecule has 0 atom stereocenters. The van der Waals surface area contributed by atoms with Gasteiger partial charge in [-0.3, -0.25) is 4.98 Å². The van der Waals surface area contributed by atoms with Crippen molar-refractivity contribution in [3.8, 4) is 17.1 Å². The highest BCUT2D eigenvalue weighted by Gasteiger charge is 2.09. The number of nitrogens with one attached hydrogen (secondary N) is 1. The predicted octanol–water partition coefficient (Wildman–Crippen LogP) is 3.03. The Hall–Kier alpha value is -4.07. The van der Waals surface area contributed by atoms with E-state index in [2.05, 4.69) is 25.4 Å². The zero-order chi connectivity index (χ0) is 19.3. The molecule has 0 aliphatic rings. The summed E-state index contributed by atoms with van der Waals surface area (Å²) in [5, 5.41) is 16.6. The van der Waals surface area contributed by atoms with Crippen molar-refractivity contribution in [2.45, 2.75) is 6.54 Å². The zero-order valence-corrected chi connectivity index (χ0v) is 14.7. The second-order valence-electron chi connectivity index (χ2n) is 5.93. The summed E-state index contributed by atoms with van der Waals surface area (Å²) in [7, 11) is 0. The number of hydrogen-bond acceptors (Lipinski definition) is 6. The Labute approximate surface area is 160 Å². The molecule has 1 aromatic carbocycles. The van der Waals surface area contributed by atoms with E-state index in [1.807, 2.05) is 36.5 Å². The Bertz CT molecular complexity index is 1110. The number of anilines is 1. The molecule has 3 heterocycles. The van der Waals surface area contributed by atoms with E-state index in [0.717, 1.165) is 11.3 Å². The molecule has 28 heavy (non-hydrogen) atoms. The summed E-state index contributed by atoms with van der Waals surface area (Å²) < 4.78 is 1.80. The van der Waals surface area contributed by atoms with Crippen molar-refractivity contribution in [1.82, 2.24) is 24.7 Å². The number of nitrogens with zero attached hydrogens (tertiary/aromatic N) is 5. The minimum absolute atomic E-state index is 0.159. The van der Waals surface area contributed by atoms with Crippen LogP contribution in [0.5, 0.6) is 0 Å². The van der Waals surface area contributed by atoms with Gasteiger partial charge in [-0.1, -0.05) is 18.2 Å². The van der Waals surface area contributed by atoms with Gasteiger partial charge in [-0.05, 0) is 35.9 Å². The Morgan fingerprint density at radius 1 is 1.00 bits per heavy atom. The van der Waals surface area contributed by atoms with Crippen LogP contribution in [0.3, 0.4) is 0 Å². The topological polar surface area (TPSA) is 106 Å². The smallest absolute Gasteiger partial charge is 0.335 e. The highest BCUT2D eigenvalue weighted by molar-refractivity contribution is 5.88. The first kappa shape index (κ1) is 17.3. The van der Waals surface area contributed by atoms with Crippen molar-refractivity contribution in [1.29, 1.82) is 0 Å². The third-order valence-electron chi connectivity index (χ3n) is 4.10. The molecule has 0 aliphatic carbocycles. The first-order chi connectivity index (χ1) is 13.7. The van der Waals surface area contributed by atoms with E-state index >= 15 is 0 Å². The van der Waals surface area contributed by atoms with Crippen molar-refractivity contribution < 1.29 is 9.90 Å². The van der Waals surface area contributed by atoms with Gasteiger partial charge in [-0.25, -0.2) is 19.4 Å². The number of hydrogen-bond donors (Lipinski definition) is 2. The molecule has 4 rings (SSSR count). The van der Waals surface area contributed by atoms with Crippen molar-refractivity contribution >= 4 is 11.9 Å². The number of carboxylic acids is 1. The molecular weight excluding hydrogens is 356 g/mol. The van der Waals surface area contributed by atoms with Crippen LogP contribution in [0.4, 0.5) is 5.95 Å². The van der Waals surface area contributed by atoms with Crippen LogP contribution in [-0.2, 0) is 6.54 Å². The summed E-state index contributed by atoms with van der Waals surface area (Å²) in [6.07, 6.45) is 6.68. The minimum Gasteiger partial charge on any atom is -0.478 e. The molecule has 0 aliphatic heterocycles. The summed E-state index contributed by atoms with van der Waals surface area (Å²) in [5.74, 6) is -0.582. The van der Waals surface area contributed by atoms with Crippen LogP contribution in [0.2, 0.25) is 0 Å². The fraction of sp³-hybridized carbons (Fsp3) is 0.0500. The third kappa shape index (κ3) is 3.70. The first-order valence-electron chi connectivity index (χ1n) is 8.55.